The van der Waals surface area contributed by atoms with Crippen LogP contribution in [0.4, 0.5) is 4.79 Å². The van der Waals surface area contributed by atoms with E-state index in [0.717, 1.165) is 12.0 Å². The number of rotatable bonds is 12. The Morgan fingerprint density at radius 2 is 1.48 bits per heavy atom. The molecule has 1 rings (SSSR count). The van der Waals surface area contributed by atoms with Crippen molar-refractivity contribution >= 4 is 12.1 Å². The first-order valence-electron chi connectivity index (χ1n) is 10.9. The molecule has 0 aliphatic heterocycles. The highest BCUT2D eigenvalue weighted by molar-refractivity contribution is 5.81. The molecule has 0 saturated heterocycles. The van der Waals surface area contributed by atoms with E-state index in [4.69, 9.17) is 9.47 Å². The molecular weight excluding hydrogens is 366 g/mol. The predicted octanol–water partition coefficient (Wildman–Crippen LogP) is 5.59. The Kier molecular flexibility index (Phi) is 11.4. The molecule has 1 atom stereocenters. The largest absolute Gasteiger partial charge is 0.467 e. The van der Waals surface area contributed by atoms with Gasteiger partial charge in [-0.2, -0.15) is 0 Å². The van der Waals surface area contributed by atoms with Crippen LogP contribution in [0.15, 0.2) is 24.3 Å². The fourth-order valence-electron chi connectivity index (χ4n) is 3.13. The van der Waals surface area contributed by atoms with Crippen LogP contribution in [0.25, 0.3) is 0 Å². The van der Waals surface area contributed by atoms with Crippen molar-refractivity contribution in [2.45, 2.75) is 97.1 Å². The number of carbonyl (C=O) groups excluding carboxylic acids is 2. The van der Waals surface area contributed by atoms with Gasteiger partial charge < -0.3 is 14.8 Å². The first-order valence-corrected chi connectivity index (χ1v) is 10.9. The molecule has 29 heavy (non-hydrogen) atoms. The summed E-state index contributed by atoms with van der Waals surface area (Å²) in [5.74, 6) is -0.462. The van der Waals surface area contributed by atoms with Crippen LogP contribution in [0.1, 0.15) is 83.8 Å². The number of hydrogen-bond acceptors (Lipinski definition) is 4. The predicted molar refractivity (Wildman–Crippen MR) is 117 cm³/mol. The number of aryl methyl sites for hydroxylation is 2. The first-order chi connectivity index (χ1) is 13.7. The van der Waals surface area contributed by atoms with E-state index in [1.54, 1.807) is 20.8 Å². The standard InChI is InChI=1S/C24H39NO4/c1-6-7-8-9-10-11-12-19-13-15-20(16-14-19)17-18-21(22(26)28-5)25-23(27)29-24(2,3)4/h13-16,21H,6-12,17-18H2,1-5H3,(H,25,27). The van der Waals surface area contributed by atoms with E-state index in [1.165, 1.54) is 51.2 Å². The fraction of sp³-hybridized carbons (Fsp3) is 0.667. The molecule has 0 aliphatic rings. The number of esters is 1. The fourth-order valence-corrected chi connectivity index (χ4v) is 3.13. The molecule has 0 fully saturated rings. The number of nitrogens with one attached hydrogen (secondary N) is 1. The van der Waals surface area contributed by atoms with Crippen LogP contribution in [0, 0.1) is 0 Å². The molecule has 0 radical (unpaired) electrons. The summed E-state index contributed by atoms with van der Waals surface area (Å²) in [5, 5.41) is 2.62. The maximum Gasteiger partial charge on any atom is 0.408 e. The zero-order chi connectivity index (χ0) is 21.7. The Morgan fingerprint density at radius 1 is 0.931 bits per heavy atom. The van der Waals surface area contributed by atoms with Gasteiger partial charge >= 0.3 is 12.1 Å². The molecule has 1 aromatic rings. The van der Waals surface area contributed by atoms with Gasteiger partial charge in [0, 0.05) is 0 Å². The molecule has 0 heterocycles. The van der Waals surface area contributed by atoms with Crippen molar-refractivity contribution in [2.75, 3.05) is 7.11 Å². The zero-order valence-corrected chi connectivity index (χ0v) is 18.9. The number of alkyl carbamates (subject to hydrolysis) is 1. The molecule has 0 aromatic heterocycles. The number of amides is 1. The van der Waals surface area contributed by atoms with Gasteiger partial charge in [0.2, 0.25) is 0 Å². The van der Waals surface area contributed by atoms with Gasteiger partial charge in [-0.05, 0) is 57.6 Å². The highest BCUT2D eigenvalue weighted by Crippen LogP contribution is 2.13. The number of carbonyl (C=O) groups is 2. The average Bonchev–Trinajstić information content (AvgIpc) is 2.66. The molecule has 0 spiro atoms. The van der Waals surface area contributed by atoms with Crippen molar-refractivity contribution in [1.82, 2.24) is 5.32 Å². The van der Waals surface area contributed by atoms with Gasteiger partial charge in [-0.1, -0.05) is 63.3 Å². The van der Waals surface area contributed by atoms with Crippen LogP contribution < -0.4 is 5.32 Å². The second-order valence-electron chi connectivity index (χ2n) is 8.59. The molecule has 5 nitrogen and oxygen atoms in total. The highest BCUT2D eigenvalue weighted by Gasteiger charge is 2.24. The third-order valence-corrected chi connectivity index (χ3v) is 4.74. The van der Waals surface area contributed by atoms with Crippen LogP contribution in [0.5, 0.6) is 0 Å². The molecule has 1 N–H and O–H groups in total. The van der Waals surface area contributed by atoms with Crippen molar-refractivity contribution in [1.29, 1.82) is 0 Å². The quantitative estimate of drug-likeness (QED) is 0.364. The molecule has 164 valence electrons. The third kappa shape index (κ3) is 11.5. The van der Waals surface area contributed by atoms with Crippen LogP contribution >= 0.6 is 0 Å². The number of ether oxygens (including phenoxy) is 2. The molecule has 5 heteroatoms. The van der Waals surface area contributed by atoms with Crippen molar-refractivity contribution in [3.63, 3.8) is 0 Å². The third-order valence-electron chi connectivity index (χ3n) is 4.74. The lowest BCUT2D eigenvalue weighted by Gasteiger charge is -2.22. The summed E-state index contributed by atoms with van der Waals surface area (Å²) >= 11 is 0. The lowest BCUT2D eigenvalue weighted by molar-refractivity contribution is -0.143. The van der Waals surface area contributed by atoms with Crippen molar-refractivity contribution in [3.05, 3.63) is 35.4 Å². The van der Waals surface area contributed by atoms with E-state index in [1.807, 2.05) is 0 Å². The number of unbranched alkanes of at least 4 members (excludes halogenated alkanes) is 5. The normalized spacial score (nSPS) is 12.3. The van der Waals surface area contributed by atoms with Crippen molar-refractivity contribution in [2.24, 2.45) is 0 Å². The summed E-state index contributed by atoms with van der Waals surface area (Å²) in [5.41, 5.74) is 1.87. The number of methoxy groups -OCH3 is 1. The van der Waals surface area contributed by atoms with Gasteiger partial charge in [0.15, 0.2) is 0 Å². The summed E-state index contributed by atoms with van der Waals surface area (Å²) in [7, 11) is 1.32. The van der Waals surface area contributed by atoms with Crippen molar-refractivity contribution < 1.29 is 19.1 Å². The van der Waals surface area contributed by atoms with E-state index in [-0.39, 0.29) is 0 Å². The second kappa shape index (κ2) is 13.2. The molecule has 0 bridgehead atoms. The van der Waals surface area contributed by atoms with Gasteiger partial charge in [-0.3, -0.25) is 0 Å². The van der Waals surface area contributed by atoms with Crippen LogP contribution in [-0.2, 0) is 27.1 Å². The maximum atomic E-state index is 12.0. The number of benzene rings is 1. The van der Waals surface area contributed by atoms with Crippen LogP contribution in [0.2, 0.25) is 0 Å². The monoisotopic (exact) mass is 405 g/mol. The van der Waals surface area contributed by atoms with Gasteiger partial charge in [0.05, 0.1) is 7.11 Å². The molecule has 0 aliphatic carbocycles. The minimum atomic E-state index is -0.724. The second-order valence-corrected chi connectivity index (χ2v) is 8.59. The van der Waals surface area contributed by atoms with Gasteiger partial charge in [-0.15, -0.1) is 0 Å². The van der Waals surface area contributed by atoms with Crippen LogP contribution in [0.3, 0.4) is 0 Å². The topological polar surface area (TPSA) is 64.6 Å². The Bertz CT molecular complexity index is 604. The van der Waals surface area contributed by atoms with Crippen molar-refractivity contribution in [3.8, 4) is 0 Å². The minimum Gasteiger partial charge on any atom is -0.467 e. The molecule has 0 saturated carbocycles. The number of hydrogen-bond donors (Lipinski definition) is 1. The van der Waals surface area contributed by atoms with E-state index in [2.05, 4.69) is 36.5 Å². The molecule has 1 amide bonds. The molecule has 1 unspecified atom stereocenters. The Morgan fingerprint density at radius 3 is 2.03 bits per heavy atom. The zero-order valence-electron chi connectivity index (χ0n) is 18.9. The van der Waals surface area contributed by atoms with E-state index in [0.29, 0.717) is 12.8 Å². The van der Waals surface area contributed by atoms with Gasteiger partial charge in [-0.25, -0.2) is 9.59 Å². The molecular formula is C24H39NO4. The van der Waals surface area contributed by atoms with E-state index in [9.17, 15) is 9.59 Å². The lowest BCUT2D eigenvalue weighted by Crippen LogP contribution is -2.44. The van der Waals surface area contributed by atoms with Gasteiger partial charge in [0.1, 0.15) is 11.6 Å². The summed E-state index contributed by atoms with van der Waals surface area (Å²) in [4.78, 5) is 24.0. The Balaban J connectivity index is 2.47. The summed E-state index contributed by atoms with van der Waals surface area (Å²) in [6, 6.07) is 7.81. The summed E-state index contributed by atoms with van der Waals surface area (Å²) < 4.78 is 10.1. The molecule has 1 aromatic carbocycles. The average molecular weight is 406 g/mol. The first kappa shape index (κ1) is 25.0. The summed E-state index contributed by atoms with van der Waals surface area (Å²) in [6.45, 7) is 7.59. The minimum absolute atomic E-state index is 0.461. The lowest BCUT2D eigenvalue weighted by atomic mass is 10.0. The smallest absolute Gasteiger partial charge is 0.408 e. The van der Waals surface area contributed by atoms with Gasteiger partial charge in [0.25, 0.3) is 0 Å². The SMILES string of the molecule is CCCCCCCCc1ccc(CCC(NC(=O)OC(C)(C)C)C(=O)OC)cc1. The summed E-state index contributed by atoms with van der Waals surface area (Å²) in [6.07, 6.45) is 9.44. The van der Waals surface area contributed by atoms with E-state index >= 15 is 0 Å². The Hall–Kier alpha value is -2.04. The van der Waals surface area contributed by atoms with E-state index < -0.39 is 23.7 Å². The highest BCUT2D eigenvalue weighted by atomic mass is 16.6. The van der Waals surface area contributed by atoms with Crippen LogP contribution in [-0.4, -0.2) is 30.8 Å². The Labute approximate surface area is 176 Å². The maximum absolute atomic E-state index is 12.0.